The quantitative estimate of drug-likeness (QED) is 0.293. The lowest BCUT2D eigenvalue weighted by Gasteiger charge is -2.12. The monoisotopic (exact) mass is 455 g/mol. The van der Waals surface area contributed by atoms with Gasteiger partial charge in [-0.15, -0.1) is 6.58 Å². The van der Waals surface area contributed by atoms with E-state index in [0.717, 1.165) is 12.1 Å². The molecule has 0 radical (unpaired) electrons. The summed E-state index contributed by atoms with van der Waals surface area (Å²) in [6.07, 6.45) is 1.55. The van der Waals surface area contributed by atoms with E-state index < -0.39 is 17.7 Å². The predicted molar refractivity (Wildman–Crippen MR) is 123 cm³/mol. The van der Waals surface area contributed by atoms with E-state index >= 15 is 0 Å². The zero-order valence-corrected chi connectivity index (χ0v) is 17.9. The van der Waals surface area contributed by atoms with Crippen molar-refractivity contribution >= 4 is 40.5 Å². The third kappa shape index (κ3) is 5.50. The minimum atomic E-state index is -0.752. The Bertz CT molecular complexity index is 1200. The molecular weight excluding hydrogens is 436 g/mol. The van der Waals surface area contributed by atoms with Crippen molar-refractivity contribution in [2.24, 2.45) is 0 Å². The zero-order chi connectivity index (χ0) is 23.3. The summed E-state index contributed by atoms with van der Waals surface area (Å²) in [5.74, 6) is -1.77. The van der Waals surface area contributed by atoms with Crippen LogP contribution >= 0.6 is 11.6 Å². The second kappa shape index (κ2) is 10.1. The molecule has 0 unspecified atom stereocenters. The van der Waals surface area contributed by atoms with E-state index in [9.17, 15) is 18.4 Å². The van der Waals surface area contributed by atoms with Crippen molar-refractivity contribution in [1.29, 1.82) is 0 Å². The summed E-state index contributed by atoms with van der Waals surface area (Å²) in [6, 6.07) is 12.3. The van der Waals surface area contributed by atoms with E-state index in [1.54, 1.807) is 37.3 Å². The molecule has 0 atom stereocenters. The first-order chi connectivity index (χ1) is 15.3. The van der Waals surface area contributed by atoms with E-state index in [1.165, 1.54) is 18.2 Å². The maximum absolute atomic E-state index is 13.9. The molecule has 0 saturated heterocycles. The summed E-state index contributed by atoms with van der Waals surface area (Å²) >= 11 is 6.34. The molecule has 0 bridgehead atoms. The highest BCUT2D eigenvalue weighted by atomic mass is 35.5. The number of carbonyl (C=O) groups is 2. The molecular formula is C24H20ClF2N3O2. The van der Waals surface area contributed by atoms with Crippen molar-refractivity contribution in [3.8, 4) is 0 Å². The molecule has 32 heavy (non-hydrogen) atoms. The molecule has 3 aromatic carbocycles. The van der Waals surface area contributed by atoms with Gasteiger partial charge in [0.1, 0.15) is 11.6 Å². The number of rotatable bonds is 7. The van der Waals surface area contributed by atoms with Crippen LogP contribution in [0.25, 0.3) is 0 Å². The Kier molecular flexibility index (Phi) is 7.22. The lowest BCUT2D eigenvalue weighted by Crippen LogP contribution is -2.28. The van der Waals surface area contributed by atoms with Gasteiger partial charge in [0.15, 0.2) is 5.78 Å². The standard InChI is InChI=1S/C24H20ClF2N3O2/c1-3-10-28-24(32)30-16-6-4-14(2)19(12-16)23(31)18-8-7-17(13-20(18)25)29-22-9-5-15(26)11-21(22)27/h3-9,11-13,29H,1,10H2,2H3,(H2,28,30,32). The Morgan fingerprint density at radius 3 is 2.44 bits per heavy atom. The van der Waals surface area contributed by atoms with Crippen LogP contribution in [0, 0.1) is 18.6 Å². The largest absolute Gasteiger partial charge is 0.353 e. The lowest BCUT2D eigenvalue weighted by atomic mass is 9.98. The number of nitrogens with one attached hydrogen (secondary N) is 3. The molecule has 3 aromatic rings. The summed E-state index contributed by atoms with van der Waals surface area (Å²) in [6.45, 7) is 5.61. The van der Waals surface area contributed by atoms with Crippen LogP contribution in [0.1, 0.15) is 21.5 Å². The van der Waals surface area contributed by atoms with Crippen LogP contribution in [-0.2, 0) is 0 Å². The molecule has 0 aromatic heterocycles. The van der Waals surface area contributed by atoms with Gasteiger partial charge >= 0.3 is 6.03 Å². The van der Waals surface area contributed by atoms with E-state index in [0.29, 0.717) is 29.0 Å². The number of hydrogen-bond donors (Lipinski definition) is 3. The highest BCUT2D eigenvalue weighted by Gasteiger charge is 2.17. The van der Waals surface area contributed by atoms with Crippen molar-refractivity contribution in [3.63, 3.8) is 0 Å². The van der Waals surface area contributed by atoms with Crippen LogP contribution in [0.4, 0.5) is 30.6 Å². The summed E-state index contributed by atoms with van der Waals surface area (Å²) in [4.78, 5) is 25.0. The molecule has 0 aliphatic carbocycles. The SMILES string of the molecule is C=CCNC(=O)Nc1ccc(C)c(C(=O)c2ccc(Nc3ccc(F)cc3F)cc2Cl)c1. The first-order valence-electron chi connectivity index (χ1n) is 9.61. The Hall–Kier alpha value is -3.71. The molecule has 0 aliphatic heterocycles. The number of hydrogen-bond acceptors (Lipinski definition) is 3. The van der Waals surface area contributed by atoms with Crippen LogP contribution in [0.5, 0.6) is 0 Å². The first-order valence-corrected chi connectivity index (χ1v) is 9.99. The molecule has 2 amide bonds. The highest BCUT2D eigenvalue weighted by Crippen LogP contribution is 2.28. The van der Waals surface area contributed by atoms with Crippen molar-refractivity contribution in [3.05, 3.63) is 101 Å². The van der Waals surface area contributed by atoms with Gasteiger partial charge in [-0.1, -0.05) is 23.7 Å². The Labute approximate surface area is 189 Å². The maximum atomic E-state index is 13.9. The number of amides is 2. The van der Waals surface area contributed by atoms with Gasteiger partial charge in [-0.3, -0.25) is 4.79 Å². The molecule has 3 N–H and O–H groups in total. The van der Waals surface area contributed by atoms with Gasteiger partial charge < -0.3 is 16.0 Å². The van der Waals surface area contributed by atoms with Gasteiger partial charge in [0, 0.05) is 35.1 Å². The van der Waals surface area contributed by atoms with Crippen molar-refractivity contribution < 1.29 is 18.4 Å². The maximum Gasteiger partial charge on any atom is 0.319 e. The first kappa shape index (κ1) is 23.0. The van der Waals surface area contributed by atoms with E-state index in [1.807, 2.05) is 0 Å². The second-order valence-electron chi connectivity index (χ2n) is 6.93. The van der Waals surface area contributed by atoms with Crippen LogP contribution < -0.4 is 16.0 Å². The summed E-state index contributed by atoms with van der Waals surface area (Å²) in [5.41, 5.74) is 2.28. The van der Waals surface area contributed by atoms with Crippen LogP contribution in [0.15, 0.2) is 67.3 Å². The zero-order valence-electron chi connectivity index (χ0n) is 17.1. The number of ketones is 1. The Balaban J connectivity index is 1.82. The number of carbonyl (C=O) groups excluding carboxylic acids is 2. The third-order valence-corrected chi connectivity index (χ3v) is 4.88. The fourth-order valence-corrected chi connectivity index (χ4v) is 3.22. The molecule has 164 valence electrons. The van der Waals surface area contributed by atoms with Crippen molar-refractivity contribution in [1.82, 2.24) is 5.32 Å². The van der Waals surface area contributed by atoms with E-state index in [-0.39, 0.29) is 22.1 Å². The van der Waals surface area contributed by atoms with Crippen LogP contribution in [0.3, 0.4) is 0 Å². The van der Waals surface area contributed by atoms with Gasteiger partial charge in [0.05, 0.1) is 10.7 Å². The summed E-state index contributed by atoms with van der Waals surface area (Å²) in [5, 5.41) is 8.21. The van der Waals surface area contributed by atoms with Crippen molar-refractivity contribution in [2.45, 2.75) is 6.92 Å². The molecule has 3 rings (SSSR count). The molecule has 0 heterocycles. The number of anilines is 3. The smallest absolute Gasteiger partial charge is 0.319 e. The normalized spacial score (nSPS) is 10.4. The number of urea groups is 1. The minimum Gasteiger partial charge on any atom is -0.353 e. The number of halogens is 3. The van der Waals surface area contributed by atoms with E-state index in [2.05, 4.69) is 22.5 Å². The van der Waals surface area contributed by atoms with Gasteiger partial charge in [-0.05, 0) is 55.0 Å². The molecule has 0 fully saturated rings. The molecule has 8 heteroatoms. The fourth-order valence-electron chi connectivity index (χ4n) is 2.95. The second-order valence-corrected chi connectivity index (χ2v) is 7.33. The Morgan fingerprint density at radius 1 is 1.00 bits per heavy atom. The summed E-state index contributed by atoms with van der Waals surface area (Å²) < 4.78 is 27.0. The van der Waals surface area contributed by atoms with Gasteiger partial charge in [-0.2, -0.15) is 0 Å². The highest BCUT2D eigenvalue weighted by molar-refractivity contribution is 6.35. The molecule has 5 nitrogen and oxygen atoms in total. The lowest BCUT2D eigenvalue weighted by molar-refractivity contribution is 0.103. The predicted octanol–water partition coefficient (Wildman–Crippen LogP) is 6.21. The average molecular weight is 456 g/mol. The van der Waals surface area contributed by atoms with Gasteiger partial charge in [0.2, 0.25) is 0 Å². The third-order valence-electron chi connectivity index (χ3n) is 4.57. The summed E-state index contributed by atoms with van der Waals surface area (Å²) in [7, 11) is 0. The number of benzene rings is 3. The van der Waals surface area contributed by atoms with Crippen molar-refractivity contribution in [2.75, 3.05) is 17.2 Å². The Morgan fingerprint density at radius 2 is 1.75 bits per heavy atom. The number of aryl methyl sites for hydroxylation is 1. The van der Waals surface area contributed by atoms with Gasteiger partial charge in [-0.25, -0.2) is 13.6 Å². The van der Waals surface area contributed by atoms with E-state index in [4.69, 9.17) is 11.6 Å². The van der Waals surface area contributed by atoms with Gasteiger partial charge in [0.25, 0.3) is 0 Å². The topological polar surface area (TPSA) is 70.2 Å². The molecule has 0 aliphatic rings. The fraction of sp³-hybridized carbons (Fsp3) is 0.0833. The van der Waals surface area contributed by atoms with Crippen LogP contribution in [0.2, 0.25) is 5.02 Å². The molecule has 0 saturated carbocycles. The van der Waals surface area contributed by atoms with Crippen LogP contribution in [-0.4, -0.2) is 18.4 Å². The molecule has 0 spiro atoms. The minimum absolute atomic E-state index is 0.0749. The average Bonchev–Trinajstić information content (AvgIpc) is 2.75.